The van der Waals surface area contributed by atoms with Gasteiger partial charge in [0.05, 0.1) is 11.3 Å². The quantitative estimate of drug-likeness (QED) is 0.746. The minimum atomic E-state index is 0.823. The van der Waals surface area contributed by atoms with Crippen LogP contribution in [0.2, 0.25) is 0 Å². The van der Waals surface area contributed by atoms with E-state index in [0.717, 1.165) is 29.8 Å². The number of pyridine rings is 1. The van der Waals surface area contributed by atoms with Crippen LogP contribution in [-0.2, 0) is 13.0 Å². The molecular formula is C14H13N3. The first-order valence-electron chi connectivity index (χ1n) is 5.93. The zero-order chi connectivity index (χ0) is 11.7. The summed E-state index contributed by atoms with van der Waals surface area (Å²) in [5.74, 6) is 0. The summed E-state index contributed by atoms with van der Waals surface area (Å²) in [6.45, 7) is 1.02. The number of hydrogen-bond donors (Lipinski definition) is 0. The second-order valence-electron chi connectivity index (χ2n) is 4.35. The molecule has 2 aromatic heterocycles. The van der Waals surface area contributed by atoms with Crippen molar-refractivity contribution in [2.24, 2.45) is 0 Å². The molecule has 0 aliphatic carbocycles. The summed E-state index contributed by atoms with van der Waals surface area (Å²) in [4.78, 5) is 4.15. The number of nitrogens with zero attached hydrogens (tertiary/aromatic N) is 3. The van der Waals surface area contributed by atoms with Crippen LogP contribution >= 0.6 is 0 Å². The Hall–Kier alpha value is -2.08. The van der Waals surface area contributed by atoms with Gasteiger partial charge in [0.15, 0.2) is 0 Å². The molecule has 3 rings (SSSR count). The Morgan fingerprint density at radius 2 is 2.29 bits per heavy atom. The van der Waals surface area contributed by atoms with E-state index in [1.165, 1.54) is 18.5 Å². The molecule has 17 heavy (non-hydrogen) atoms. The average Bonchev–Trinajstić information content (AvgIpc) is 2.78. The van der Waals surface area contributed by atoms with E-state index in [4.69, 9.17) is 0 Å². The maximum atomic E-state index is 9.17. The molecule has 0 radical (unpaired) electrons. The Kier molecular flexibility index (Phi) is 2.41. The van der Waals surface area contributed by atoms with E-state index >= 15 is 0 Å². The molecule has 84 valence electrons. The van der Waals surface area contributed by atoms with Crippen molar-refractivity contribution >= 4 is 0 Å². The highest BCUT2D eigenvalue weighted by Gasteiger charge is 2.18. The summed E-state index contributed by atoms with van der Waals surface area (Å²) in [5.41, 5.74) is 4.24. The van der Waals surface area contributed by atoms with E-state index in [0.29, 0.717) is 0 Å². The number of fused-ring (bicyclic) bond motifs is 1. The van der Waals surface area contributed by atoms with Crippen LogP contribution in [0.15, 0.2) is 30.6 Å². The molecule has 0 atom stereocenters. The Labute approximate surface area is 100 Å². The second-order valence-corrected chi connectivity index (χ2v) is 4.35. The van der Waals surface area contributed by atoms with E-state index in [-0.39, 0.29) is 0 Å². The lowest BCUT2D eigenvalue weighted by Crippen LogP contribution is -2.11. The summed E-state index contributed by atoms with van der Waals surface area (Å²) in [5, 5.41) is 9.17. The first-order chi connectivity index (χ1) is 8.40. The molecule has 3 heteroatoms. The molecule has 0 bridgehead atoms. The molecule has 0 N–H and O–H groups in total. The van der Waals surface area contributed by atoms with E-state index < -0.39 is 0 Å². The van der Waals surface area contributed by atoms with Crippen LogP contribution in [0.1, 0.15) is 24.1 Å². The van der Waals surface area contributed by atoms with Gasteiger partial charge in [-0.25, -0.2) is 0 Å². The van der Waals surface area contributed by atoms with Crippen LogP contribution in [-0.4, -0.2) is 9.55 Å². The van der Waals surface area contributed by atoms with Gasteiger partial charge in [0, 0.05) is 30.2 Å². The number of aromatic nitrogens is 2. The fraction of sp³-hybridized carbons (Fsp3) is 0.286. The maximum Gasteiger partial charge on any atom is 0.101 e. The minimum Gasteiger partial charge on any atom is -0.343 e. The maximum absolute atomic E-state index is 9.17. The summed E-state index contributed by atoms with van der Waals surface area (Å²) in [6, 6.07) is 8.28. The molecule has 0 fully saturated rings. The molecule has 0 unspecified atom stereocenters. The predicted molar refractivity (Wildman–Crippen MR) is 65.3 cm³/mol. The molecule has 3 nitrogen and oxygen atoms in total. The first-order valence-corrected chi connectivity index (χ1v) is 5.93. The molecule has 0 saturated heterocycles. The van der Waals surface area contributed by atoms with E-state index in [2.05, 4.69) is 15.6 Å². The molecule has 3 heterocycles. The van der Waals surface area contributed by atoms with Gasteiger partial charge in [0.2, 0.25) is 0 Å². The van der Waals surface area contributed by atoms with Crippen LogP contribution in [0.3, 0.4) is 0 Å². The third-order valence-corrected chi connectivity index (χ3v) is 3.33. The lowest BCUT2D eigenvalue weighted by Gasteiger charge is -2.18. The van der Waals surface area contributed by atoms with Crippen molar-refractivity contribution in [3.8, 4) is 17.3 Å². The Morgan fingerprint density at radius 1 is 1.35 bits per heavy atom. The highest BCUT2D eigenvalue weighted by atomic mass is 15.0. The summed E-state index contributed by atoms with van der Waals surface area (Å²) in [7, 11) is 0. The average molecular weight is 223 g/mol. The van der Waals surface area contributed by atoms with E-state index in [1.807, 2.05) is 24.4 Å². The second kappa shape index (κ2) is 4.06. The SMILES string of the molecule is N#Cc1cc(-c2cccnc2)n2c1CCCC2. The molecule has 0 spiro atoms. The number of hydrogen-bond acceptors (Lipinski definition) is 2. The van der Waals surface area contributed by atoms with Gasteiger partial charge < -0.3 is 4.57 Å². The van der Waals surface area contributed by atoms with Gasteiger partial charge in [0.1, 0.15) is 6.07 Å². The third kappa shape index (κ3) is 1.62. The standard InChI is InChI=1S/C14H13N3/c15-9-12-8-14(11-4-3-6-16-10-11)17-7-2-1-5-13(12)17/h3-4,6,8,10H,1-2,5,7H2. The smallest absolute Gasteiger partial charge is 0.101 e. The van der Waals surface area contributed by atoms with Crippen molar-refractivity contribution in [2.75, 3.05) is 0 Å². The predicted octanol–water partition coefficient (Wildman–Crippen LogP) is 2.76. The van der Waals surface area contributed by atoms with Gasteiger partial charge in [-0.1, -0.05) is 0 Å². The van der Waals surface area contributed by atoms with Crippen molar-refractivity contribution in [3.63, 3.8) is 0 Å². The Bertz CT molecular complexity index is 576. The Balaban J connectivity index is 2.18. The monoisotopic (exact) mass is 223 g/mol. The van der Waals surface area contributed by atoms with Crippen molar-refractivity contribution in [1.29, 1.82) is 5.26 Å². The van der Waals surface area contributed by atoms with Gasteiger partial charge >= 0.3 is 0 Å². The van der Waals surface area contributed by atoms with Gasteiger partial charge in [-0.05, 0) is 37.5 Å². The van der Waals surface area contributed by atoms with Crippen LogP contribution in [0.5, 0.6) is 0 Å². The van der Waals surface area contributed by atoms with E-state index in [9.17, 15) is 5.26 Å². The normalized spacial score (nSPS) is 14.1. The summed E-state index contributed by atoms with van der Waals surface area (Å²) in [6.07, 6.45) is 7.03. The lowest BCUT2D eigenvalue weighted by atomic mass is 10.1. The van der Waals surface area contributed by atoms with Gasteiger partial charge in [-0.3, -0.25) is 4.98 Å². The van der Waals surface area contributed by atoms with Gasteiger partial charge in [-0.2, -0.15) is 5.26 Å². The van der Waals surface area contributed by atoms with Crippen LogP contribution in [0.4, 0.5) is 0 Å². The van der Waals surface area contributed by atoms with Crippen molar-refractivity contribution in [1.82, 2.24) is 9.55 Å². The zero-order valence-corrected chi connectivity index (χ0v) is 9.56. The van der Waals surface area contributed by atoms with Crippen molar-refractivity contribution in [2.45, 2.75) is 25.8 Å². The van der Waals surface area contributed by atoms with Crippen LogP contribution < -0.4 is 0 Å². The molecule has 2 aromatic rings. The molecule has 1 aliphatic rings. The van der Waals surface area contributed by atoms with E-state index in [1.54, 1.807) is 6.20 Å². The first kappa shape index (κ1) is 10.1. The van der Waals surface area contributed by atoms with Gasteiger partial charge in [0.25, 0.3) is 0 Å². The van der Waals surface area contributed by atoms with Crippen LogP contribution in [0, 0.1) is 11.3 Å². The summed E-state index contributed by atoms with van der Waals surface area (Å²) < 4.78 is 2.28. The van der Waals surface area contributed by atoms with Crippen LogP contribution in [0.25, 0.3) is 11.3 Å². The lowest BCUT2D eigenvalue weighted by molar-refractivity contribution is 0.536. The van der Waals surface area contributed by atoms with Crippen molar-refractivity contribution in [3.05, 3.63) is 41.9 Å². The fourth-order valence-electron chi connectivity index (χ4n) is 2.53. The minimum absolute atomic E-state index is 0.823. The number of rotatable bonds is 1. The fourth-order valence-corrected chi connectivity index (χ4v) is 2.53. The number of nitriles is 1. The third-order valence-electron chi connectivity index (χ3n) is 3.33. The zero-order valence-electron chi connectivity index (χ0n) is 9.56. The highest BCUT2D eigenvalue weighted by Crippen LogP contribution is 2.29. The topological polar surface area (TPSA) is 41.6 Å². The molecule has 0 saturated carbocycles. The molecular weight excluding hydrogens is 210 g/mol. The molecule has 0 amide bonds. The molecule has 0 aromatic carbocycles. The molecule has 1 aliphatic heterocycles. The summed E-state index contributed by atoms with van der Waals surface area (Å²) >= 11 is 0. The highest BCUT2D eigenvalue weighted by molar-refractivity contribution is 5.63. The Morgan fingerprint density at radius 3 is 3.06 bits per heavy atom. The largest absolute Gasteiger partial charge is 0.343 e. The van der Waals surface area contributed by atoms with Gasteiger partial charge in [-0.15, -0.1) is 0 Å². The van der Waals surface area contributed by atoms with Crippen molar-refractivity contribution < 1.29 is 0 Å².